The van der Waals surface area contributed by atoms with Crippen molar-refractivity contribution in [3.8, 4) is 0 Å². The van der Waals surface area contributed by atoms with Gasteiger partial charge in [0.15, 0.2) is 0 Å². The number of nitrogen functional groups attached to an aromatic ring is 1. The van der Waals surface area contributed by atoms with Crippen LogP contribution in [0.2, 0.25) is 10.0 Å². The Kier molecular flexibility index (Phi) is 4.25. The number of carbonyl (C=O) groups excluding carboxylic acids is 1. The van der Waals surface area contributed by atoms with Gasteiger partial charge in [-0.05, 0) is 24.3 Å². The highest BCUT2D eigenvalue weighted by molar-refractivity contribution is 6.34. The van der Waals surface area contributed by atoms with Gasteiger partial charge in [-0.2, -0.15) is 0 Å². The number of rotatable bonds is 3. The summed E-state index contributed by atoms with van der Waals surface area (Å²) in [5.74, 6) is -0.504. The van der Waals surface area contributed by atoms with Crippen LogP contribution in [0.1, 0.15) is 10.5 Å². The van der Waals surface area contributed by atoms with Crippen LogP contribution in [0, 0.1) is 10.1 Å². The number of aromatic nitrogens is 1. The number of hydrogen-bond acceptors (Lipinski definition) is 5. The first-order valence-electron chi connectivity index (χ1n) is 5.56. The fraction of sp³-hybridized carbons (Fsp3) is 0. The number of nitrogens with two attached hydrogens (primary N) is 1. The van der Waals surface area contributed by atoms with Gasteiger partial charge in [0.05, 0.1) is 9.95 Å². The number of pyridine rings is 1. The average Bonchev–Trinajstić information content (AvgIpc) is 2.43. The molecule has 0 aliphatic carbocycles. The summed E-state index contributed by atoms with van der Waals surface area (Å²) >= 11 is 11.5. The van der Waals surface area contributed by atoms with Gasteiger partial charge in [-0.15, -0.1) is 0 Å². The van der Waals surface area contributed by atoms with E-state index in [0.29, 0.717) is 0 Å². The Labute approximate surface area is 128 Å². The fourth-order valence-electron chi connectivity index (χ4n) is 1.54. The zero-order valence-corrected chi connectivity index (χ0v) is 11.9. The van der Waals surface area contributed by atoms with Gasteiger partial charge in [0.25, 0.3) is 11.6 Å². The second-order valence-electron chi connectivity index (χ2n) is 3.94. The van der Waals surface area contributed by atoms with E-state index < -0.39 is 10.8 Å². The molecule has 0 aliphatic rings. The molecule has 0 bridgehead atoms. The van der Waals surface area contributed by atoms with Gasteiger partial charge >= 0.3 is 0 Å². The average molecular weight is 327 g/mol. The molecule has 0 atom stereocenters. The Balaban J connectivity index is 2.29. The lowest BCUT2D eigenvalue weighted by molar-refractivity contribution is -0.384. The minimum absolute atomic E-state index is 0.0295. The van der Waals surface area contributed by atoms with Crippen molar-refractivity contribution in [1.82, 2.24) is 4.98 Å². The summed E-state index contributed by atoms with van der Waals surface area (Å²) in [6.07, 6.45) is 0. The minimum Gasteiger partial charge on any atom is -0.384 e. The first kappa shape index (κ1) is 15.0. The second-order valence-corrected chi connectivity index (χ2v) is 4.76. The molecule has 9 heteroatoms. The molecule has 21 heavy (non-hydrogen) atoms. The third-order valence-corrected chi connectivity index (χ3v) is 3.11. The maximum atomic E-state index is 12.0. The quantitative estimate of drug-likeness (QED) is 0.664. The van der Waals surface area contributed by atoms with Crippen LogP contribution < -0.4 is 11.1 Å². The van der Waals surface area contributed by atoms with E-state index in [-0.39, 0.29) is 32.9 Å². The zero-order chi connectivity index (χ0) is 15.6. The molecule has 7 nitrogen and oxygen atoms in total. The van der Waals surface area contributed by atoms with Crippen LogP contribution in [0.15, 0.2) is 30.3 Å². The first-order chi connectivity index (χ1) is 9.88. The highest BCUT2D eigenvalue weighted by Gasteiger charge is 2.16. The molecule has 0 saturated carbocycles. The maximum Gasteiger partial charge on any atom is 0.289 e. The SMILES string of the molecule is Nc1ccc(Cl)c(C(=O)Nc2ccc(Cl)c([N+](=O)[O-])c2)n1. The zero-order valence-electron chi connectivity index (χ0n) is 10.3. The molecular weight excluding hydrogens is 319 g/mol. The van der Waals surface area contributed by atoms with Crippen LogP contribution in [-0.2, 0) is 0 Å². The van der Waals surface area contributed by atoms with E-state index in [4.69, 9.17) is 28.9 Å². The second kappa shape index (κ2) is 5.94. The van der Waals surface area contributed by atoms with Gasteiger partial charge in [0, 0.05) is 11.8 Å². The van der Waals surface area contributed by atoms with Crippen LogP contribution in [0.5, 0.6) is 0 Å². The number of hydrogen-bond donors (Lipinski definition) is 2. The lowest BCUT2D eigenvalue weighted by Crippen LogP contribution is -2.15. The highest BCUT2D eigenvalue weighted by Crippen LogP contribution is 2.27. The van der Waals surface area contributed by atoms with Crippen LogP contribution in [-0.4, -0.2) is 15.8 Å². The number of nitrogens with zero attached hydrogens (tertiary/aromatic N) is 2. The van der Waals surface area contributed by atoms with Crippen LogP contribution in [0.3, 0.4) is 0 Å². The molecule has 1 heterocycles. The number of amides is 1. The first-order valence-corrected chi connectivity index (χ1v) is 6.31. The third-order valence-electron chi connectivity index (χ3n) is 2.48. The van der Waals surface area contributed by atoms with Crippen molar-refractivity contribution in [2.75, 3.05) is 11.1 Å². The third kappa shape index (κ3) is 3.39. The number of nitro benzene ring substituents is 1. The number of anilines is 2. The van der Waals surface area contributed by atoms with Gasteiger partial charge in [0.2, 0.25) is 0 Å². The minimum atomic E-state index is -0.649. The van der Waals surface area contributed by atoms with Crippen LogP contribution in [0.4, 0.5) is 17.2 Å². The molecule has 108 valence electrons. The maximum absolute atomic E-state index is 12.0. The number of nitrogens with one attached hydrogen (secondary N) is 1. The smallest absolute Gasteiger partial charge is 0.289 e. The van der Waals surface area contributed by atoms with Gasteiger partial charge < -0.3 is 11.1 Å². The number of halogens is 2. The van der Waals surface area contributed by atoms with Crippen molar-refractivity contribution >= 4 is 46.3 Å². The summed E-state index contributed by atoms with van der Waals surface area (Å²) in [6.45, 7) is 0. The van der Waals surface area contributed by atoms with Crippen molar-refractivity contribution < 1.29 is 9.72 Å². The van der Waals surface area contributed by atoms with Gasteiger partial charge in [-0.1, -0.05) is 23.2 Å². The van der Waals surface area contributed by atoms with E-state index in [2.05, 4.69) is 10.3 Å². The van der Waals surface area contributed by atoms with Crippen molar-refractivity contribution in [2.45, 2.75) is 0 Å². The summed E-state index contributed by atoms with van der Waals surface area (Å²) in [7, 11) is 0. The summed E-state index contributed by atoms with van der Waals surface area (Å²) < 4.78 is 0. The van der Waals surface area contributed by atoms with E-state index in [1.807, 2.05) is 0 Å². The highest BCUT2D eigenvalue weighted by atomic mass is 35.5. The lowest BCUT2D eigenvalue weighted by Gasteiger charge is -2.07. The summed E-state index contributed by atoms with van der Waals surface area (Å²) in [6, 6.07) is 6.76. The number of nitro groups is 1. The molecule has 1 aromatic carbocycles. The topological polar surface area (TPSA) is 111 Å². The van der Waals surface area contributed by atoms with Gasteiger partial charge in [-0.3, -0.25) is 14.9 Å². The standard InChI is InChI=1S/C12H8Cl2N4O3/c13-7-2-1-6(5-9(7)18(20)21)16-12(19)11-8(14)3-4-10(15)17-11/h1-5H,(H2,15,17)(H,16,19). The Morgan fingerprint density at radius 3 is 2.57 bits per heavy atom. The Morgan fingerprint density at radius 2 is 1.90 bits per heavy atom. The molecule has 1 amide bonds. The van der Waals surface area contributed by atoms with E-state index in [9.17, 15) is 14.9 Å². The molecular formula is C12H8Cl2N4O3. The lowest BCUT2D eigenvalue weighted by atomic mass is 10.2. The molecule has 0 fully saturated rings. The molecule has 1 aromatic heterocycles. The molecule has 0 aliphatic heterocycles. The normalized spacial score (nSPS) is 10.2. The van der Waals surface area contributed by atoms with Crippen LogP contribution >= 0.6 is 23.2 Å². The fourth-order valence-corrected chi connectivity index (χ4v) is 1.91. The predicted octanol–water partition coefficient (Wildman–Crippen LogP) is 3.13. The van der Waals surface area contributed by atoms with Gasteiger partial charge in [0.1, 0.15) is 16.5 Å². The van der Waals surface area contributed by atoms with E-state index in [1.54, 1.807) is 0 Å². The van der Waals surface area contributed by atoms with E-state index >= 15 is 0 Å². The largest absolute Gasteiger partial charge is 0.384 e. The molecule has 0 radical (unpaired) electrons. The van der Waals surface area contributed by atoms with Crippen LogP contribution in [0.25, 0.3) is 0 Å². The van der Waals surface area contributed by atoms with Crippen molar-refractivity contribution in [2.24, 2.45) is 0 Å². The van der Waals surface area contributed by atoms with Crippen molar-refractivity contribution in [3.05, 3.63) is 56.2 Å². The summed E-state index contributed by atoms with van der Waals surface area (Å²) in [5, 5.41) is 13.3. The number of benzene rings is 1. The molecule has 0 spiro atoms. The molecule has 0 saturated heterocycles. The van der Waals surface area contributed by atoms with Crippen molar-refractivity contribution in [1.29, 1.82) is 0 Å². The summed E-state index contributed by atoms with van der Waals surface area (Å²) in [4.78, 5) is 26.0. The Bertz CT molecular complexity index is 736. The summed E-state index contributed by atoms with van der Waals surface area (Å²) in [5.41, 5.74) is 5.28. The van der Waals surface area contributed by atoms with Crippen molar-refractivity contribution in [3.63, 3.8) is 0 Å². The Morgan fingerprint density at radius 1 is 1.24 bits per heavy atom. The van der Waals surface area contributed by atoms with Gasteiger partial charge in [-0.25, -0.2) is 4.98 Å². The molecule has 3 N–H and O–H groups in total. The Hall–Kier alpha value is -2.38. The van der Waals surface area contributed by atoms with E-state index in [1.165, 1.54) is 24.3 Å². The molecule has 2 aromatic rings. The monoisotopic (exact) mass is 326 g/mol. The molecule has 2 rings (SSSR count). The van der Waals surface area contributed by atoms with E-state index in [0.717, 1.165) is 6.07 Å². The number of carbonyl (C=O) groups is 1. The molecule has 0 unspecified atom stereocenters. The predicted molar refractivity (Wildman–Crippen MR) is 79.7 cm³/mol.